The molecule has 2 heterocycles. The molecule has 172 valence electrons. The van der Waals surface area contributed by atoms with Crippen molar-refractivity contribution in [1.29, 1.82) is 0 Å². The van der Waals surface area contributed by atoms with Crippen LogP contribution in [0.4, 0.5) is 0 Å². The summed E-state index contributed by atoms with van der Waals surface area (Å²) in [6.45, 7) is 3.78. The average molecular weight is 466 g/mol. The van der Waals surface area contributed by atoms with Gasteiger partial charge in [0.2, 0.25) is 11.1 Å². The number of hydrogen-bond acceptors (Lipinski definition) is 7. The van der Waals surface area contributed by atoms with Crippen molar-refractivity contribution in [3.05, 3.63) is 53.6 Å². The van der Waals surface area contributed by atoms with Gasteiger partial charge in [-0.05, 0) is 65.6 Å². The Labute approximate surface area is 197 Å². The molecule has 0 atom stereocenters. The zero-order chi connectivity index (χ0) is 22.7. The number of rotatable bonds is 7. The quantitative estimate of drug-likeness (QED) is 0.534. The van der Waals surface area contributed by atoms with Crippen LogP contribution in [0.2, 0.25) is 0 Å². The fraction of sp³-hybridized carbons (Fsp3) is 0.417. The number of amides is 1. The highest BCUT2D eigenvalue weighted by molar-refractivity contribution is 7.99. The maximum atomic E-state index is 12.7. The second-order valence-corrected chi connectivity index (χ2v) is 9.57. The van der Waals surface area contributed by atoms with E-state index in [4.69, 9.17) is 9.47 Å². The number of aromatic nitrogens is 4. The van der Waals surface area contributed by atoms with E-state index in [1.807, 2.05) is 37.3 Å². The molecule has 1 aliphatic carbocycles. The summed E-state index contributed by atoms with van der Waals surface area (Å²) >= 11 is 1.34. The Morgan fingerprint density at radius 2 is 1.94 bits per heavy atom. The molecule has 1 aromatic heterocycles. The Morgan fingerprint density at radius 1 is 1.12 bits per heavy atom. The molecular formula is C24H27N5O3S. The SMILES string of the molecule is Cc1cccc(-n2nnnc2SCC(=O)NCC2(c3ccc4c(c3)OCCO4)CCCC2)c1. The van der Waals surface area contributed by atoms with Crippen LogP contribution in [0.3, 0.4) is 0 Å². The molecule has 1 N–H and O–H groups in total. The number of aryl methyl sites for hydroxylation is 1. The molecule has 2 aliphatic rings. The van der Waals surface area contributed by atoms with Crippen LogP contribution in [0.25, 0.3) is 5.69 Å². The molecule has 0 radical (unpaired) electrons. The van der Waals surface area contributed by atoms with E-state index < -0.39 is 0 Å². The van der Waals surface area contributed by atoms with Crippen molar-refractivity contribution in [2.45, 2.75) is 43.2 Å². The van der Waals surface area contributed by atoms with E-state index >= 15 is 0 Å². The number of carbonyl (C=O) groups is 1. The van der Waals surface area contributed by atoms with Gasteiger partial charge in [0.15, 0.2) is 11.5 Å². The number of hydrogen-bond donors (Lipinski definition) is 1. The summed E-state index contributed by atoms with van der Waals surface area (Å²) in [7, 11) is 0. The van der Waals surface area contributed by atoms with Crippen molar-refractivity contribution in [2.75, 3.05) is 25.5 Å². The first-order valence-corrected chi connectivity index (χ1v) is 12.3. The fourth-order valence-electron chi connectivity index (χ4n) is 4.63. The normalized spacial score (nSPS) is 16.5. The summed E-state index contributed by atoms with van der Waals surface area (Å²) in [6, 6.07) is 14.2. The van der Waals surface area contributed by atoms with Crippen molar-refractivity contribution in [3.8, 4) is 17.2 Å². The van der Waals surface area contributed by atoms with Crippen LogP contribution in [0, 0.1) is 6.92 Å². The van der Waals surface area contributed by atoms with Crippen LogP contribution in [0.1, 0.15) is 36.8 Å². The van der Waals surface area contributed by atoms with Gasteiger partial charge in [0.05, 0.1) is 11.4 Å². The van der Waals surface area contributed by atoms with Crippen molar-refractivity contribution in [1.82, 2.24) is 25.5 Å². The van der Waals surface area contributed by atoms with Gasteiger partial charge in [-0.2, -0.15) is 4.68 Å². The first kappa shape index (κ1) is 21.8. The molecule has 3 aromatic rings. The predicted molar refractivity (Wildman–Crippen MR) is 125 cm³/mol. The highest BCUT2D eigenvalue weighted by Crippen LogP contribution is 2.43. The summed E-state index contributed by atoms with van der Waals surface area (Å²) in [5, 5.41) is 15.7. The fourth-order valence-corrected chi connectivity index (χ4v) is 5.35. The number of benzene rings is 2. The number of thioether (sulfide) groups is 1. The highest BCUT2D eigenvalue weighted by Gasteiger charge is 2.36. The average Bonchev–Trinajstić information content (AvgIpc) is 3.51. The number of nitrogens with zero attached hydrogens (tertiary/aromatic N) is 4. The van der Waals surface area contributed by atoms with E-state index in [0.29, 0.717) is 24.9 Å². The van der Waals surface area contributed by atoms with Gasteiger partial charge < -0.3 is 14.8 Å². The monoisotopic (exact) mass is 465 g/mol. The standard InChI is InChI=1S/C24H27N5O3S/c1-17-5-4-6-19(13-17)29-23(26-27-28-29)33-15-22(30)25-16-24(9-2-3-10-24)18-7-8-20-21(14-18)32-12-11-31-20/h4-8,13-14H,2-3,9-12,15-16H2,1H3,(H,25,30). The number of carbonyl (C=O) groups excluding carboxylic acids is 1. The lowest BCUT2D eigenvalue weighted by molar-refractivity contribution is -0.118. The van der Waals surface area contributed by atoms with Crippen LogP contribution >= 0.6 is 11.8 Å². The number of tetrazole rings is 1. The van der Waals surface area contributed by atoms with Gasteiger partial charge in [0.25, 0.3) is 0 Å². The molecule has 9 heteroatoms. The van der Waals surface area contributed by atoms with Crippen LogP contribution in [-0.2, 0) is 10.2 Å². The molecule has 0 bridgehead atoms. The summed E-state index contributed by atoms with van der Waals surface area (Å²) in [5.74, 6) is 1.83. The van der Waals surface area contributed by atoms with Gasteiger partial charge in [0.1, 0.15) is 13.2 Å². The van der Waals surface area contributed by atoms with Crippen molar-refractivity contribution in [3.63, 3.8) is 0 Å². The van der Waals surface area contributed by atoms with Crippen molar-refractivity contribution < 1.29 is 14.3 Å². The summed E-state index contributed by atoms with van der Waals surface area (Å²) in [6.07, 6.45) is 4.41. The Kier molecular flexibility index (Phi) is 6.22. The van der Waals surface area contributed by atoms with E-state index in [2.05, 4.69) is 33.0 Å². The minimum Gasteiger partial charge on any atom is -0.486 e. The molecule has 0 spiro atoms. The Bertz CT molecular complexity index is 1140. The zero-order valence-corrected chi connectivity index (χ0v) is 19.4. The first-order valence-electron chi connectivity index (χ1n) is 11.3. The Balaban J connectivity index is 1.23. The number of ether oxygens (including phenoxy) is 2. The molecule has 1 aliphatic heterocycles. The van der Waals surface area contributed by atoms with E-state index in [-0.39, 0.29) is 17.1 Å². The highest BCUT2D eigenvalue weighted by atomic mass is 32.2. The third kappa shape index (κ3) is 4.68. The molecule has 33 heavy (non-hydrogen) atoms. The molecule has 0 unspecified atom stereocenters. The second-order valence-electron chi connectivity index (χ2n) is 8.62. The Hall–Kier alpha value is -3.07. The van der Waals surface area contributed by atoms with Gasteiger partial charge >= 0.3 is 0 Å². The molecule has 8 nitrogen and oxygen atoms in total. The van der Waals surface area contributed by atoms with E-state index in [0.717, 1.165) is 48.4 Å². The van der Waals surface area contributed by atoms with Crippen LogP contribution in [0.5, 0.6) is 11.5 Å². The number of nitrogens with one attached hydrogen (secondary N) is 1. The molecule has 1 amide bonds. The summed E-state index contributed by atoms with van der Waals surface area (Å²) in [4.78, 5) is 12.7. The maximum Gasteiger partial charge on any atom is 0.230 e. The smallest absolute Gasteiger partial charge is 0.230 e. The van der Waals surface area contributed by atoms with E-state index in [1.54, 1.807) is 4.68 Å². The lowest BCUT2D eigenvalue weighted by atomic mass is 9.78. The van der Waals surface area contributed by atoms with Crippen LogP contribution in [0.15, 0.2) is 47.6 Å². The molecule has 1 fully saturated rings. The van der Waals surface area contributed by atoms with Gasteiger partial charge in [-0.1, -0.05) is 42.8 Å². The third-order valence-corrected chi connectivity index (χ3v) is 7.28. The van der Waals surface area contributed by atoms with Gasteiger partial charge in [-0.3, -0.25) is 4.79 Å². The largest absolute Gasteiger partial charge is 0.486 e. The Morgan fingerprint density at radius 3 is 2.76 bits per heavy atom. The van der Waals surface area contributed by atoms with Crippen molar-refractivity contribution in [2.24, 2.45) is 0 Å². The van der Waals surface area contributed by atoms with Gasteiger partial charge in [-0.25, -0.2) is 0 Å². The van der Waals surface area contributed by atoms with Crippen LogP contribution in [-0.4, -0.2) is 51.6 Å². The molecule has 2 aromatic carbocycles. The lowest BCUT2D eigenvalue weighted by Gasteiger charge is -2.31. The van der Waals surface area contributed by atoms with E-state index in [1.165, 1.54) is 17.3 Å². The second kappa shape index (κ2) is 9.43. The van der Waals surface area contributed by atoms with Gasteiger partial charge in [-0.15, -0.1) is 5.10 Å². The van der Waals surface area contributed by atoms with Crippen molar-refractivity contribution >= 4 is 17.7 Å². The summed E-state index contributed by atoms with van der Waals surface area (Å²) in [5.41, 5.74) is 3.14. The first-order chi connectivity index (χ1) is 16.1. The third-order valence-electron chi connectivity index (χ3n) is 6.36. The topological polar surface area (TPSA) is 91.2 Å². The summed E-state index contributed by atoms with van der Waals surface area (Å²) < 4.78 is 13.1. The minimum atomic E-state index is -0.0701. The van der Waals surface area contributed by atoms with Gasteiger partial charge in [0, 0.05) is 12.0 Å². The molecule has 5 rings (SSSR count). The van der Waals surface area contributed by atoms with E-state index in [9.17, 15) is 4.79 Å². The predicted octanol–water partition coefficient (Wildman–Crippen LogP) is 3.46. The minimum absolute atomic E-state index is 0.0254. The van der Waals surface area contributed by atoms with Crippen LogP contribution < -0.4 is 14.8 Å². The lowest BCUT2D eigenvalue weighted by Crippen LogP contribution is -2.39. The zero-order valence-electron chi connectivity index (χ0n) is 18.6. The molecule has 0 saturated heterocycles. The number of fused-ring (bicyclic) bond motifs is 1. The molecule has 1 saturated carbocycles. The maximum absolute atomic E-state index is 12.7. The molecular weight excluding hydrogens is 438 g/mol.